The summed E-state index contributed by atoms with van der Waals surface area (Å²) >= 11 is 4.93. The Morgan fingerprint density at radius 1 is 1.39 bits per heavy atom. The molecule has 0 spiro atoms. The fraction of sp³-hybridized carbons (Fsp3) is 0.286. The number of halogens is 1. The van der Waals surface area contributed by atoms with Gasteiger partial charge in [-0.05, 0) is 36.2 Å². The van der Waals surface area contributed by atoms with Gasteiger partial charge in [0.2, 0.25) is 0 Å². The van der Waals surface area contributed by atoms with Crippen LogP contribution in [0.15, 0.2) is 30.5 Å². The third kappa shape index (κ3) is 3.01. The van der Waals surface area contributed by atoms with Crippen LogP contribution in [-0.4, -0.2) is 9.97 Å². The van der Waals surface area contributed by atoms with Crippen molar-refractivity contribution < 1.29 is 4.39 Å². The van der Waals surface area contributed by atoms with Crippen LogP contribution < -0.4 is 0 Å². The first kappa shape index (κ1) is 12.9. The molecule has 0 aliphatic rings. The standard InChI is InChI=1S/C14H15FN2S/c1-9(2)6-10-4-3-5-11(7-10)13-12(15)8-16-14(18)17-13/h3-5,7-9H,6H2,1-2H3,(H,16,17,18). The largest absolute Gasteiger partial charge is 0.328 e. The van der Waals surface area contributed by atoms with Crippen LogP contribution in [0.1, 0.15) is 19.4 Å². The molecule has 0 aliphatic carbocycles. The predicted octanol–water partition coefficient (Wildman–Crippen LogP) is 4.14. The zero-order valence-electron chi connectivity index (χ0n) is 10.4. The molecule has 18 heavy (non-hydrogen) atoms. The topological polar surface area (TPSA) is 28.7 Å². The summed E-state index contributed by atoms with van der Waals surface area (Å²) in [6.45, 7) is 4.32. The minimum absolute atomic E-state index is 0.292. The van der Waals surface area contributed by atoms with Gasteiger partial charge in [0.05, 0.1) is 11.9 Å². The summed E-state index contributed by atoms with van der Waals surface area (Å²) in [7, 11) is 0. The van der Waals surface area contributed by atoms with Crippen molar-refractivity contribution >= 4 is 12.2 Å². The SMILES string of the molecule is CC(C)Cc1cccc(-c2[nH]c(=S)ncc2F)c1. The summed E-state index contributed by atoms with van der Waals surface area (Å²) in [5, 5.41) is 0. The third-order valence-electron chi connectivity index (χ3n) is 2.63. The molecule has 0 unspecified atom stereocenters. The highest BCUT2D eigenvalue weighted by atomic mass is 32.1. The molecular weight excluding hydrogens is 247 g/mol. The van der Waals surface area contributed by atoms with Crippen molar-refractivity contribution in [3.05, 3.63) is 46.6 Å². The second kappa shape index (κ2) is 5.40. The summed E-state index contributed by atoms with van der Waals surface area (Å²) in [6.07, 6.45) is 2.13. The Morgan fingerprint density at radius 2 is 2.17 bits per heavy atom. The molecule has 0 bridgehead atoms. The van der Waals surface area contributed by atoms with Crippen molar-refractivity contribution in [1.29, 1.82) is 0 Å². The van der Waals surface area contributed by atoms with Crippen LogP contribution in [0.5, 0.6) is 0 Å². The van der Waals surface area contributed by atoms with Gasteiger partial charge in [-0.25, -0.2) is 9.37 Å². The summed E-state index contributed by atoms with van der Waals surface area (Å²) in [6, 6.07) is 7.85. The molecule has 0 aliphatic heterocycles. The van der Waals surface area contributed by atoms with E-state index in [1.807, 2.05) is 18.2 Å². The van der Waals surface area contributed by atoms with Crippen molar-refractivity contribution in [3.8, 4) is 11.3 Å². The van der Waals surface area contributed by atoms with Crippen LogP contribution in [0.25, 0.3) is 11.3 Å². The molecule has 1 N–H and O–H groups in total. The van der Waals surface area contributed by atoms with E-state index >= 15 is 0 Å². The van der Waals surface area contributed by atoms with Gasteiger partial charge in [-0.1, -0.05) is 32.0 Å². The minimum Gasteiger partial charge on any atom is -0.328 e. The minimum atomic E-state index is -0.384. The normalized spacial score (nSPS) is 10.9. The lowest BCUT2D eigenvalue weighted by atomic mass is 10.00. The molecule has 1 aromatic carbocycles. The smallest absolute Gasteiger partial charge is 0.197 e. The van der Waals surface area contributed by atoms with Crippen LogP contribution in [0.4, 0.5) is 4.39 Å². The van der Waals surface area contributed by atoms with Crippen LogP contribution >= 0.6 is 12.2 Å². The second-order valence-electron chi connectivity index (χ2n) is 4.71. The number of hydrogen-bond acceptors (Lipinski definition) is 2. The van der Waals surface area contributed by atoms with Gasteiger partial charge < -0.3 is 4.98 Å². The van der Waals surface area contributed by atoms with Gasteiger partial charge in [-0.15, -0.1) is 0 Å². The molecule has 0 atom stereocenters. The number of hydrogen-bond donors (Lipinski definition) is 1. The van der Waals surface area contributed by atoms with Crippen LogP contribution in [0.2, 0.25) is 0 Å². The van der Waals surface area contributed by atoms with Gasteiger partial charge in [0.15, 0.2) is 10.6 Å². The highest BCUT2D eigenvalue weighted by Crippen LogP contribution is 2.21. The van der Waals surface area contributed by atoms with Gasteiger partial charge >= 0.3 is 0 Å². The molecule has 0 saturated heterocycles. The molecule has 1 heterocycles. The lowest BCUT2D eigenvalue weighted by molar-refractivity contribution is 0.617. The van der Waals surface area contributed by atoms with Crippen molar-refractivity contribution in [1.82, 2.24) is 9.97 Å². The van der Waals surface area contributed by atoms with Crippen molar-refractivity contribution in [3.63, 3.8) is 0 Å². The van der Waals surface area contributed by atoms with E-state index in [2.05, 4.69) is 29.9 Å². The molecule has 1 aromatic heterocycles. The Kier molecular flexibility index (Phi) is 3.87. The molecule has 0 radical (unpaired) electrons. The Balaban J connectivity index is 2.44. The van der Waals surface area contributed by atoms with Crippen LogP contribution in [-0.2, 0) is 6.42 Å². The van der Waals surface area contributed by atoms with Crippen LogP contribution in [0.3, 0.4) is 0 Å². The number of aromatic amines is 1. The number of rotatable bonds is 3. The quantitative estimate of drug-likeness (QED) is 0.842. The maximum atomic E-state index is 13.7. The van der Waals surface area contributed by atoms with Crippen molar-refractivity contribution in [2.45, 2.75) is 20.3 Å². The van der Waals surface area contributed by atoms with Crippen molar-refractivity contribution in [2.24, 2.45) is 5.92 Å². The van der Waals surface area contributed by atoms with E-state index in [-0.39, 0.29) is 5.82 Å². The van der Waals surface area contributed by atoms with Gasteiger partial charge in [0.1, 0.15) is 0 Å². The Bertz CT molecular complexity index is 605. The number of aromatic nitrogens is 2. The molecule has 0 fully saturated rings. The fourth-order valence-electron chi connectivity index (χ4n) is 1.91. The Morgan fingerprint density at radius 3 is 2.89 bits per heavy atom. The highest BCUT2D eigenvalue weighted by molar-refractivity contribution is 7.71. The van der Waals surface area contributed by atoms with E-state index < -0.39 is 0 Å². The Labute approximate surface area is 111 Å². The van der Waals surface area contributed by atoms with E-state index in [0.717, 1.165) is 18.2 Å². The van der Waals surface area contributed by atoms with E-state index in [9.17, 15) is 4.39 Å². The summed E-state index contributed by atoms with van der Waals surface area (Å²) < 4.78 is 14.0. The fourth-order valence-corrected chi connectivity index (χ4v) is 2.07. The molecule has 0 amide bonds. The maximum Gasteiger partial charge on any atom is 0.197 e. The molecule has 0 saturated carbocycles. The number of H-pyrrole nitrogens is 1. The lowest BCUT2D eigenvalue weighted by Crippen LogP contribution is -1.96. The summed E-state index contributed by atoms with van der Waals surface area (Å²) in [4.78, 5) is 6.52. The van der Waals surface area contributed by atoms with E-state index in [1.54, 1.807) is 0 Å². The second-order valence-corrected chi connectivity index (χ2v) is 5.10. The van der Waals surface area contributed by atoms with Gasteiger partial charge in [-0.2, -0.15) is 0 Å². The zero-order valence-corrected chi connectivity index (χ0v) is 11.2. The summed E-state index contributed by atoms with van der Waals surface area (Å²) in [5.74, 6) is 0.186. The average Bonchev–Trinajstić information content (AvgIpc) is 2.32. The first-order chi connectivity index (χ1) is 8.56. The van der Waals surface area contributed by atoms with Crippen LogP contribution in [0, 0.1) is 16.5 Å². The van der Waals surface area contributed by atoms with Gasteiger partial charge in [0.25, 0.3) is 0 Å². The summed E-state index contributed by atoms with van der Waals surface area (Å²) in [5.41, 5.74) is 2.40. The van der Waals surface area contributed by atoms with Gasteiger partial charge in [-0.3, -0.25) is 0 Å². The molecule has 2 rings (SSSR count). The third-order valence-corrected chi connectivity index (χ3v) is 2.83. The average molecular weight is 262 g/mol. The Hall–Kier alpha value is -1.55. The molecular formula is C14H15FN2S. The van der Waals surface area contributed by atoms with E-state index in [0.29, 0.717) is 16.4 Å². The zero-order chi connectivity index (χ0) is 13.1. The predicted molar refractivity (Wildman–Crippen MR) is 73.4 cm³/mol. The monoisotopic (exact) mass is 262 g/mol. The van der Waals surface area contributed by atoms with E-state index in [4.69, 9.17) is 12.2 Å². The molecule has 2 nitrogen and oxygen atoms in total. The first-order valence-electron chi connectivity index (χ1n) is 5.90. The number of nitrogens with zero attached hydrogens (tertiary/aromatic N) is 1. The van der Waals surface area contributed by atoms with Crippen molar-refractivity contribution in [2.75, 3.05) is 0 Å². The number of benzene rings is 1. The lowest BCUT2D eigenvalue weighted by Gasteiger charge is -2.08. The first-order valence-corrected chi connectivity index (χ1v) is 6.31. The number of nitrogens with one attached hydrogen (secondary N) is 1. The molecule has 2 aromatic rings. The molecule has 94 valence electrons. The highest BCUT2D eigenvalue weighted by Gasteiger charge is 2.07. The molecule has 4 heteroatoms. The maximum absolute atomic E-state index is 13.7. The van der Waals surface area contributed by atoms with E-state index in [1.165, 1.54) is 5.56 Å². The van der Waals surface area contributed by atoms with Gasteiger partial charge in [0, 0.05) is 5.56 Å².